The summed E-state index contributed by atoms with van der Waals surface area (Å²) >= 11 is 5.93. The molecule has 0 fully saturated rings. The molecule has 0 atom stereocenters. The Labute approximate surface area is 115 Å². The second-order valence-electron chi connectivity index (χ2n) is 4.33. The molecule has 0 unspecified atom stereocenters. The summed E-state index contributed by atoms with van der Waals surface area (Å²) in [6.45, 7) is 5.23. The van der Waals surface area contributed by atoms with E-state index in [2.05, 4.69) is 6.92 Å². The van der Waals surface area contributed by atoms with Crippen LogP contribution in [0.3, 0.4) is 0 Å². The van der Waals surface area contributed by atoms with Crippen molar-refractivity contribution in [1.82, 2.24) is 0 Å². The van der Waals surface area contributed by atoms with Gasteiger partial charge in [-0.2, -0.15) is 0 Å². The molecule has 0 amide bonds. The number of unbranched alkanes of at least 4 members (excludes halogenated alkanes) is 2. The molecular weight excluding hydrogens is 248 g/mol. The molecule has 0 aliphatic heterocycles. The molecule has 0 aliphatic rings. The van der Waals surface area contributed by atoms with Crippen LogP contribution in [0.25, 0.3) is 0 Å². The van der Waals surface area contributed by atoms with E-state index in [1.807, 2.05) is 25.1 Å². The van der Waals surface area contributed by atoms with Gasteiger partial charge in [0.25, 0.3) is 0 Å². The number of benzene rings is 1. The zero-order chi connectivity index (χ0) is 13.4. The first-order valence-corrected chi connectivity index (χ1v) is 6.75. The van der Waals surface area contributed by atoms with Gasteiger partial charge >= 0.3 is 7.25 Å². The summed E-state index contributed by atoms with van der Waals surface area (Å²) in [6.07, 6.45) is 3.34. The highest BCUT2D eigenvalue weighted by atomic mass is 35.5. The predicted octanol–water partition coefficient (Wildman–Crippen LogP) is 3.32. The lowest BCUT2D eigenvalue weighted by molar-refractivity contribution is 0.186. The van der Waals surface area contributed by atoms with Crippen molar-refractivity contribution in [3.8, 4) is 0 Å². The van der Waals surface area contributed by atoms with E-state index in [4.69, 9.17) is 26.6 Å². The van der Waals surface area contributed by atoms with Gasteiger partial charge < -0.3 is 15.0 Å². The first-order chi connectivity index (χ1) is 8.63. The minimum absolute atomic E-state index is 0.418. The minimum Gasteiger partial charge on any atom is -0.397 e. The molecule has 0 aliphatic carbocycles. The van der Waals surface area contributed by atoms with E-state index in [1.54, 1.807) is 0 Å². The van der Waals surface area contributed by atoms with Gasteiger partial charge in [0.05, 0.1) is 6.61 Å². The van der Waals surface area contributed by atoms with E-state index < -0.39 is 7.25 Å². The van der Waals surface area contributed by atoms with Crippen molar-refractivity contribution in [1.29, 1.82) is 0 Å². The third kappa shape index (κ3) is 5.87. The molecule has 0 heterocycles. The average Bonchev–Trinajstić information content (AvgIpc) is 2.36. The second-order valence-corrected chi connectivity index (χ2v) is 4.76. The van der Waals surface area contributed by atoms with Crippen molar-refractivity contribution in [2.75, 3.05) is 6.61 Å². The fourth-order valence-corrected chi connectivity index (χ4v) is 1.76. The summed E-state index contributed by atoms with van der Waals surface area (Å²) in [5.41, 5.74) is 7.89. The first-order valence-electron chi connectivity index (χ1n) is 6.37. The van der Waals surface area contributed by atoms with Crippen molar-refractivity contribution in [3.63, 3.8) is 0 Å². The first kappa shape index (κ1) is 15.5. The molecular formula is C13H21BClNO2. The van der Waals surface area contributed by atoms with Crippen LogP contribution in [0.4, 0.5) is 0 Å². The Kier molecular flexibility index (Phi) is 7.36. The average molecular weight is 270 g/mol. The Morgan fingerprint density at radius 2 is 2.06 bits per heavy atom. The van der Waals surface area contributed by atoms with Gasteiger partial charge in [-0.25, -0.2) is 0 Å². The van der Waals surface area contributed by atoms with Crippen molar-refractivity contribution in [2.24, 2.45) is 5.64 Å². The molecule has 5 heteroatoms. The maximum Gasteiger partial charge on any atom is 0.552 e. The molecule has 18 heavy (non-hydrogen) atoms. The highest BCUT2D eigenvalue weighted by Crippen LogP contribution is 2.16. The van der Waals surface area contributed by atoms with E-state index >= 15 is 0 Å². The predicted molar refractivity (Wildman–Crippen MR) is 76.4 cm³/mol. The molecule has 3 nitrogen and oxygen atoms in total. The van der Waals surface area contributed by atoms with Gasteiger partial charge in [0.2, 0.25) is 0 Å². The smallest absolute Gasteiger partial charge is 0.397 e. The number of nitrogens with two attached hydrogens (primary N) is 1. The molecule has 2 N–H and O–H groups in total. The lowest BCUT2D eigenvalue weighted by atomic mass is 10.1. The van der Waals surface area contributed by atoms with Gasteiger partial charge in [-0.1, -0.05) is 37.4 Å². The van der Waals surface area contributed by atoms with E-state index in [9.17, 15) is 0 Å². The molecule has 100 valence electrons. The van der Waals surface area contributed by atoms with Crippen molar-refractivity contribution in [3.05, 3.63) is 34.3 Å². The van der Waals surface area contributed by atoms with Crippen LogP contribution >= 0.6 is 11.6 Å². The zero-order valence-electron chi connectivity index (χ0n) is 11.1. The monoisotopic (exact) mass is 269 g/mol. The summed E-state index contributed by atoms with van der Waals surface area (Å²) < 4.78 is 10.8. The molecule has 0 radical (unpaired) electrons. The minimum atomic E-state index is -0.666. The maximum atomic E-state index is 5.93. The number of hydrogen-bond donors (Lipinski definition) is 1. The Morgan fingerprint density at radius 1 is 1.28 bits per heavy atom. The lowest BCUT2D eigenvalue weighted by Crippen LogP contribution is -2.34. The molecule has 0 aromatic heterocycles. The number of hydrogen-bond acceptors (Lipinski definition) is 3. The molecule has 0 saturated heterocycles. The van der Waals surface area contributed by atoms with E-state index in [0.717, 1.165) is 24.0 Å². The highest BCUT2D eigenvalue weighted by Gasteiger charge is 2.12. The van der Waals surface area contributed by atoms with Gasteiger partial charge in [-0.15, -0.1) is 0 Å². The fraction of sp³-hybridized carbons (Fsp3) is 0.538. The second kappa shape index (κ2) is 8.54. The van der Waals surface area contributed by atoms with Crippen LogP contribution in [0.2, 0.25) is 5.02 Å². The van der Waals surface area contributed by atoms with E-state index in [0.29, 0.717) is 18.2 Å². The maximum absolute atomic E-state index is 5.93. The van der Waals surface area contributed by atoms with Gasteiger partial charge in [0.15, 0.2) is 0 Å². The van der Waals surface area contributed by atoms with Crippen LogP contribution in [0.5, 0.6) is 0 Å². The molecule has 1 aromatic rings. The Morgan fingerprint density at radius 3 is 2.78 bits per heavy atom. The quantitative estimate of drug-likeness (QED) is 0.582. The van der Waals surface area contributed by atoms with Gasteiger partial charge in [-0.3, -0.25) is 0 Å². The SMILES string of the molecule is CCCCCOB(N)OCc1cc(Cl)ccc1C. The summed E-state index contributed by atoms with van der Waals surface area (Å²) in [5, 5.41) is 0.705. The van der Waals surface area contributed by atoms with Crippen LogP contribution in [-0.2, 0) is 15.9 Å². The molecule has 1 aromatic carbocycles. The zero-order valence-corrected chi connectivity index (χ0v) is 11.9. The standard InChI is InChI=1S/C13H21BClNO2/c1-3-4-5-8-17-14(16)18-10-12-9-13(15)7-6-11(12)2/h6-7,9H,3-5,8,10,16H2,1-2H3. The van der Waals surface area contributed by atoms with Crippen molar-refractivity contribution in [2.45, 2.75) is 39.7 Å². The van der Waals surface area contributed by atoms with E-state index in [-0.39, 0.29) is 0 Å². The van der Waals surface area contributed by atoms with Crippen molar-refractivity contribution < 1.29 is 9.31 Å². The van der Waals surface area contributed by atoms with Crippen molar-refractivity contribution >= 4 is 18.9 Å². The van der Waals surface area contributed by atoms with E-state index in [1.165, 1.54) is 6.42 Å². The molecule has 0 spiro atoms. The lowest BCUT2D eigenvalue weighted by Gasteiger charge is -2.11. The Balaban J connectivity index is 2.29. The summed E-state index contributed by atoms with van der Waals surface area (Å²) in [5.74, 6) is 0. The number of rotatable bonds is 8. The van der Waals surface area contributed by atoms with Crippen LogP contribution in [0.1, 0.15) is 37.3 Å². The molecule has 0 saturated carbocycles. The Bertz CT molecular complexity index is 363. The van der Waals surface area contributed by atoms with Crippen LogP contribution in [-0.4, -0.2) is 13.9 Å². The van der Waals surface area contributed by atoms with Gasteiger partial charge in [-0.05, 0) is 36.6 Å². The van der Waals surface area contributed by atoms with Crippen LogP contribution in [0, 0.1) is 6.92 Å². The third-order valence-electron chi connectivity index (χ3n) is 2.74. The fourth-order valence-electron chi connectivity index (χ4n) is 1.57. The summed E-state index contributed by atoms with van der Waals surface area (Å²) in [4.78, 5) is 0. The molecule has 1 rings (SSSR count). The summed E-state index contributed by atoms with van der Waals surface area (Å²) in [6, 6.07) is 5.72. The number of halogens is 1. The van der Waals surface area contributed by atoms with Crippen LogP contribution in [0.15, 0.2) is 18.2 Å². The van der Waals surface area contributed by atoms with Gasteiger partial charge in [0.1, 0.15) is 0 Å². The molecule has 0 bridgehead atoms. The van der Waals surface area contributed by atoms with Gasteiger partial charge in [0, 0.05) is 11.6 Å². The number of aryl methyl sites for hydroxylation is 1. The normalized spacial score (nSPS) is 10.7. The highest BCUT2D eigenvalue weighted by molar-refractivity contribution is 6.40. The topological polar surface area (TPSA) is 44.5 Å². The van der Waals surface area contributed by atoms with Crippen LogP contribution < -0.4 is 5.64 Å². The largest absolute Gasteiger partial charge is 0.552 e. The third-order valence-corrected chi connectivity index (χ3v) is 2.98. The summed E-state index contributed by atoms with van der Waals surface area (Å²) in [7, 11) is -0.666. The Hall–Kier alpha value is -0.545.